The lowest BCUT2D eigenvalue weighted by molar-refractivity contribution is 0.925. The predicted octanol–water partition coefficient (Wildman–Crippen LogP) is 4.53. The molecule has 1 aromatic heterocycles. The van der Waals surface area contributed by atoms with Crippen molar-refractivity contribution in [3.8, 4) is 6.07 Å². The van der Waals surface area contributed by atoms with Gasteiger partial charge in [-0.2, -0.15) is 20.2 Å². The lowest BCUT2D eigenvalue weighted by Gasteiger charge is -2.08. The number of nitrogen functional groups attached to an aromatic ring is 1. The van der Waals surface area contributed by atoms with E-state index in [1.54, 1.807) is 42.5 Å². The highest BCUT2D eigenvalue weighted by molar-refractivity contribution is 7.99. The molecular weight excluding hydrogens is 379 g/mol. The lowest BCUT2D eigenvalue weighted by atomic mass is 10.2. The van der Waals surface area contributed by atoms with E-state index >= 15 is 0 Å². The van der Waals surface area contributed by atoms with E-state index in [-0.39, 0.29) is 11.9 Å². The molecule has 1 heterocycles. The molecule has 0 aliphatic heterocycles. The summed E-state index contributed by atoms with van der Waals surface area (Å²) in [4.78, 5) is 13.1. The van der Waals surface area contributed by atoms with Gasteiger partial charge in [-0.15, -0.1) is 0 Å². The minimum atomic E-state index is 0.0665. The second-order valence-electron chi connectivity index (χ2n) is 4.77. The molecule has 6 nitrogen and oxygen atoms in total. The molecule has 25 heavy (non-hydrogen) atoms. The van der Waals surface area contributed by atoms with E-state index in [1.807, 2.05) is 0 Å². The molecule has 0 aliphatic carbocycles. The van der Waals surface area contributed by atoms with Crippen LogP contribution in [0, 0.1) is 11.3 Å². The third-order valence-electron chi connectivity index (χ3n) is 3.01. The topological polar surface area (TPSA) is 101 Å². The summed E-state index contributed by atoms with van der Waals surface area (Å²) in [6.45, 7) is 0. The summed E-state index contributed by atoms with van der Waals surface area (Å²) in [5, 5.41) is 13.2. The van der Waals surface area contributed by atoms with E-state index in [0.29, 0.717) is 25.7 Å². The first-order chi connectivity index (χ1) is 12.0. The Labute approximate surface area is 158 Å². The first-order valence-electron chi connectivity index (χ1n) is 6.96. The predicted molar refractivity (Wildman–Crippen MR) is 99.3 cm³/mol. The number of aromatic nitrogens is 3. The molecule has 2 aromatic carbocycles. The molecule has 0 atom stereocenters. The minimum Gasteiger partial charge on any atom is -0.368 e. The molecule has 3 N–H and O–H groups in total. The maximum absolute atomic E-state index is 8.83. The lowest BCUT2D eigenvalue weighted by Crippen LogP contribution is -2.04. The standard InChI is InChI=1S/C16H10Cl2N6S/c17-11-2-1-3-12(18)13(11)25-16-23-14(20)22-15(24-16)21-10-6-4-9(8-19)5-7-10/h1-7H,(H3,20,21,22,23,24). The molecule has 3 aromatic rings. The highest BCUT2D eigenvalue weighted by Crippen LogP contribution is 2.37. The Morgan fingerprint density at radius 2 is 1.68 bits per heavy atom. The first kappa shape index (κ1) is 17.3. The summed E-state index contributed by atoms with van der Waals surface area (Å²) in [5.41, 5.74) is 7.04. The van der Waals surface area contributed by atoms with Gasteiger partial charge in [-0.3, -0.25) is 0 Å². The number of nitrogens with two attached hydrogens (primary N) is 1. The molecule has 0 fully saturated rings. The molecule has 0 saturated carbocycles. The normalized spacial score (nSPS) is 10.3. The number of hydrogen-bond acceptors (Lipinski definition) is 7. The molecule has 0 unspecified atom stereocenters. The summed E-state index contributed by atoms with van der Waals surface area (Å²) in [7, 11) is 0. The Balaban J connectivity index is 1.86. The van der Waals surface area contributed by atoms with E-state index in [9.17, 15) is 0 Å². The molecule has 0 bridgehead atoms. The molecule has 3 rings (SSSR count). The SMILES string of the molecule is N#Cc1ccc(Nc2nc(N)nc(Sc3c(Cl)cccc3Cl)n2)cc1. The smallest absolute Gasteiger partial charge is 0.233 e. The van der Waals surface area contributed by atoms with Gasteiger partial charge in [0.2, 0.25) is 11.9 Å². The van der Waals surface area contributed by atoms with Crippen molar-refractivity contribution in [2.24, 2.45) is 0 Å². The fourth-order valence-electron chi connectivity index (χ4n) is 1.90. The zero-order chi connectivity index (χ0) is 17.8. The van der Waals surface area contributed by atoms with Crippen LogP contribution in [-0.2, 0) is 0 Å². The van der Waals surface area contributed by atoms with Gasteiger partial charge in [-0.25, -0.2) is 0 Å². The number of halogens is 2. The third kappa shape index (κ3) is 4.31. The summed E-state index contributed by atoms with van der Waals surface area (Å²) in [6.07, 6.45) is 0. The third-order valence-corrected chi connectivity index (χ3v) is 4.88. The molecule has 0 saturated heterocycles. The molecule has 124 valence electrons. The number of nitrogens with zero attached hydrogens (tertiary/aromatic N) is 4. The highest BCUT2D eigenvalue weighted by atomic mass is 35.5. The Hall–Kier alpha value is -2.53. The number of nitriles is 1. The van der Waals surface area contributed by atoms with Gasteiger partial charge in [-0.1, -0.05) is 29.3 Å². The van der Waals surface area contributed by atoms with E-state index in [1.165, 1.54) is 11.8 Å². The Morgan fingerprint density at radius 1 is 1.00 bits per heavy atom. The van der Waals surface area contributed by atoms with Gasteiger partial charge in [0, 0.05) is 5.69 Å². The van der Waals surface area contributed by atoms with E-state index < -0.39 is 0 Å². The molecule has 0 spiro atoms. The number of hydrogen-bond donors (Lipinski definition) is 2. The maximum atomic E-state index is 8.83. The summed E-state index contributed by atoms with van der Waals surface area (Å²) in [5.74, 6) is 0.347. The largest absolute Gasteiger partial charge is 0.368 e. The van der Waals surface area contributed by atoms with Crippen molar-refractivity contribution in [1.82, 2.24) is 15.0 Å². The van der Waals surface area contributed by atoms with Gasteiger partial charge >= 0.3 is 0 Å². The molecular formula is C16H10Cl2N6S. The maximum Gasteiger partial charge on any atom is 0.233 e. The molecule has 0 amide bonds. The highest BCUT2D eigenvalue weighted by Gasteiger charge is 2.12. The monoisotopic (exact) mass is 388 g/mol. The van der Waals surface area contributed by atoms with Gasteiger partial charge in [0.15, 0.2) is 5.16 Å². The Morgan fingerprint density at radius 3 is 2.32 bits per heavy atom. The van der Waals surface area contributed by atoms with Crippen LogP contribution >= 0.6 is 35.0 Å². The van der Waals surface area contributed by atoms with Crippen molar-refractivity contribution in [1.29, 1.82) is 5.26 Å². The average molecular weight is 389 g/mol. The minimum absolute atomic E-state index is 0.0665. The van der Waals surface area contributed by atoms with Crippen LogP contribution in [0.3, 0.4) is 0 Å². The van der Waals surface area contributed by atoms with Gasteiger partial charge in [0.25, 0.3) is 0 Å². The fraction of sp³-hybridized carbons (Fsp3) is 0. The van der Waals surface area contributed by atoms with Gasteiger partial charge < -0.3 is 11.1 Å². The fourth-order valence-corrected chi connectivity index (χ4v) is 3.32. The number of rotatable bonds is 4. The van der Waals surface area contributed by atoms with Crippen molar-refractivity contribution in [3.63, 3.8) is 0 Å². The average Bonchev–Trinajstić information content (AvgIpc) is 2.58. The van der Waals surface area contributed by atoms with Crippen LogP contribution in [0.1, 0.15) is 5.56 Å². The number of nitrogens with one attached hydrogen (secondary N) is 1. The summed E-state index contributed by atoms with van der Waals surface area (Å²) < 4.78 is 0. The van der Waals surface area contributed by atoms with Crippen molar-refractivity contribution in [3.05, 3.63) is 58.1 Å². The van der Waals surface area contributed by atoms with Crippen molar-refractivity contribution in [2.45, 2.75) is 10.1 Å². The van der Waals surface area contributed by atoms with Crippen LogP contribution < -0.4 is 11.1 Å². The zero-order valence-electron chi connectivity index (χ0n) is 12.6. The van der Waals surface area contributed by atoms with Crippen molar-refractivity contribution < 1.29 is 0 Å². The van der Waals surface area contributed by atoms with Crippen LogP contribution in [0.4, 0.5) is 17.6 Å². The molecule has 0 aliphatic rings. The number of anilines is 3. The second kappa shape index (κ2) is 7.57. The quantitative estimate of drug-likeness (QED) is 0.676. The molecule has 0 radical (unpaired) electrons. The Bertz CT molecular complexity index is 936. The van der Waals surface area contributed by atoms with Crippen LogP contribution in [0.15, 0.2) is 52.5 Å². The van der Waals surface area contributed by atoms with Crippen molar-refractivity contribution >= 4 is 52.5 Å². The Kier molecular flexibility index (Phi) is 5.24. The van der Waals surface area contributed by atoms with Crippen LogP contribution in [-0.4, -0.2) is 15.0 Å². The van der Waals surface area contributed by atoms with Crippen LogP contribution in [0.2, 0.25) is 10.0 Å². The van der Waals surface area contributed by atoms with Crippen LogP contribution in [0.5, 0.6) is 0 Å². The van der Waals surface area contributed by atoms with Gasteiger partial charge in [0.05, 0.1) is 26.6 Å². The second-order valence-corrected chi connectivity index (χ2v) is 6.56. The van der Waals surface area contributed by atoms with Crippen LogP contribution in [0.25, 0.3) is 0 Å². The van der Waals surface area contributed by atoms with Gasteiger partial charge in [-0.05, 0) is 48.2 Å². The van der Waals surface area contributed by atoms with E-state index in [2.05, 4.69) is 26.3 Å². The van der Waals surface area contributed by atoms with E-state index in [4.69, 9.17) is 34.2 Å². The van der Waals surface area contributed by atoms with Gasteiger partial charge in [0.1, 0.15) is 0 Å². The zero-order valence-corrected chi connectivity index (χ0v) is 14.9. The summed E-state index contributed by atoms with van der Waals surface area (Å²) in [6, 6.07) is 14.1. The van der Waals surface area contributed by atoms with E-state index in [0.717, 1.165) is 5.69 Å². The molecule has 9 heteroatoms. The number of benzene rings is 2. The summed E-state index contributed by atoms with van der Waals surface area (Å²) >= 11 is 13.5. The van der Waals surface area contributed by atoms with Crippen molar-refractivity contribution in [2.75, 3.05) is 11.1 Å². The first-order valence-corrected chi connectivity index (χ1v) is 8.53.